The molecule has 0 saturated heterocycles. The van der Waals surface area contributed by atoms with E-state index in [1.165, 1.54) is 5.56 Å². The van der Waals surface area contributed by atoms with Crippen molar-refractivity contribution in [2.24, 2.45) is 0 Å². The molecule has 5 nitrogen and oxygen atoms in total. The van der Waals surface area contributed by atoms with Gasteiger partial charge in [0.1, 0.15) is 22.3 Å². The summed E-state index contributed by atoms with van der Waals surface area (Å²) in [5.74, 6) is 1.84. The van der Waals surface area contributed by atoms with E-state index in [-0.39, 0.29) is 0 Å². The normalized spacial score (nSPS) is 15.1. The second-order valence-electron chi connectivity index (χ2n) is 13.7. The lowest BCUT2D eigenvalue weighted by molar-refractivity contribution is 0.640. The van der Waals surface area contributed by atoms with E-state index in [4.69, 9.17) is 23.8 Å². The molecule has 0 N–H and O–H groups in total. The fourth-order valence-corrected chi connectivity index (χ4v) is 8.40. The van der Waals surface area contributed by atoms with E-state index in [0.717, 1.165) is 82.8 Å². The van der Waals surface area contributed by atoms with E-state index in [9.17, 15) is 0 Å². The lowest BCUT2D eigenvalue weighted by atomic mass is 9.72. The van der Waals surface area contributed by atoms with Crippen molar-refractivity contribution in [2.45, 2.75) is 12.3 Å². The summed E-state index contributed by atoms with van der Waals surface area (Å²) in [6.07, 6.45) is 0. The first-order valence-electron chi connectivity index (χ1n) is 17.5. The highest BCUT2D eigenvalue weighted by atomic mass is 16.3. The van der Waals surface area contributed by atoms with Gasteiger partial charge in [-0.3, -0.25) is 0 Å². The zero-order valence-corrected chi connectivity index (χ0v) is 28.2. The van der Waals surface area contributed by atoms with Crippen molar-refractivity contribution in [3.05, 3.63) is 174 Å². The van der Waals surface area contributed by atoms with Gasteiger partial charge >= 0.3 is 0 Å². The largest absolute Gasteiger partial charge is 0.456 e. The van der Waals surface area contributed by atoms with Crippen LogP contribution in [0.4, 0.5) is 0 Å². The molecule has 244 valence electrons. The van der Waals surface area contributed by atoms with Crippen molar-refractivity contribution in [2.75, 3.05) is 0 Å². The summed E-state index contributed by atoms with van der Waals surface area (Å²) < 4.78 is 12.9. The molecule has 1 atom stereocenters. The van der Waals surface area contributed by atoms with Crippen molar-refractivity contribution in [1.29, 1.82) is 0 Å². The highest BCUT2D eigenvalue weighted by Gasteiger charge is 2.45. The summed E-state index contributed by atoms with van der Waals surface area (Å²) in [4.78, 5) is 15.6. The first-order valence-corrected chi connectivity index (χ1v) is 17.5. The van der Waals surface area contributed by atoms with E-state index in [2.05, 4.69) is 97.9 Å². The number of para-hydroxylation sites is 2. The van der Waals surface area contributed by atoms with Crippen molar-refractivity contribution < 1.29 is 8.83 Å². The molecule has 0 spiro atoms. The molecule has 1 aliphatic carbocycles. The molecule has 1 aliphatic rings. The summed E-state index contributed by atoms with van der Waals surface area (Å²) >= 11 is 0. The predicted octanol–water partition coefficient (Wildman–Crippen LogP) is 12.0. The Morgan fingerprint density at radius 3 is 1.79 bits per heavy atom. The average molecular weight is 668 g/mol. The van der Waals surface area contributed by atoms with Crippen LogP contribution >= 0.6 is 0 Å². The fraction of sp³-hybridized carbons (Fsp3) is 0.0426. The van der Waals surface area contributed by atoms with Crippen molar-refractivity contribution >= 4 is 43.9 Å². The van der Waals surface area contributed by atoms with Crippen LogP contribution in [0.1, 0.15) is 23.6 Å². The van der Waals surface area contributed by atoms with E-state index in [0.29, 0.717) is 17.5 Å². The molecule has 0 bridgehead atoms. The quantitative estimate of drug-likeness (QED) is 0.187. The van der Waals surface area contributed by atoms with Gasteiger partial charge in [-0.2, -0.15) is 0 Å². The summed E-state index contributed by atoms with van der Waals surface area (Å²) in [6.45, 7) is 2.32. The number of rotatable bonds is 4. The van der Waals surface area contributed by atoms with E-state index < -0.39 is 5.41 Å². The molecule has 0 fully saturated rings. The van der Waals surface area contributed by atoms with Crippen LogP contribution < -0.4 is 0 Å². The Morgan fingerprint density at radius 2 is 1.00 bits per heavy atom. The summed E-state index contributed by atoms with van der Waals surface area (Å²) in [5, 5.41) is 4.32. The Balaban J connectivity index is 1.19. The molecule has 5 heteroatoms. The van der Waals surface area contributed by atoms with Crippen LogP contribution in [-0.4, -0.2) is 15.0 Å². The van der Waals surface area contributed by atoms with Crippen LogP contribution in [0.2, 0.25) is 0 Å². The van der Waals surface area contributed by atoms with Crippen LogP contribution in [0.25, 0.3) is 89.2 Å². The van der Waals surface area contributed by atoms with Crippen LogP contribution in [0.3, 0.4) is 0 Å². The van der Waals surface area contributed by atoms with Gasteiger partial charge < -0.3 is 8.83 Å². The second kappa shape index (κ2) is 10.8. The molecule has 52 heavy (non-hydrogen) atoms. The zero-order valence-electron chi connectivity index (χ0n) is 28.2. The predicted molar refractivity (Wildman–Crippen MR) is 208 cm³/mol. The van der Waals surface area contributed by atoms with Crippen LogP contribution in [-0.2, 0) is 5.41 Å². The third kappa shape index (κ3) is 4.08. The maximum absolute atomic E-state index is 6.75. The van der Waals surface area contributed by atoms with Crippen molar-refractivity contribution in [3.8, 4) is 45.3 Å². The minimum absolute atomic E-state index is 0.579. The highest BCUT2D eigenvalue weighted by Crippen LogP contribution is 2.58. The van der Waals surface area contributed by atoms with Gasteiger partial charge in [0.15, 0.2) is 17.5 Å². The van der Waals surface area contributed by atoms with Gasteiger partial charge in [0.25, 0.3) is 0 Å². The van der Waals surface area contributed by atoms with E-state index >= 15 is 0 Å². The Kier molecular flexibility index (Phi) is 6.02. The third-order valence-corrected chi connectivity index (χ3v) is 10.8. The van der Waals surface area contributed by atoms with Gasteiger partial charge in [-0.15, -0.1) is 0 Å². The van der Waals surface area contributed by atoms with E-state index in [1.54, 1.807) is 0 Å². The smallest absolute Gasteiger partial charge is 0.164 e. The molecular formula is C47H29N3O2. The number of nitrogens with zero attached hydrogens (tertiary/aromatic N) is 3. The Labute approximate surface area is 298 Å². The highest BCUT2D eigenvalue weighted by molar-refractivity contribution is 6.10. The van der Waals surface area contributed by atoms with Gasteiger partial charge in [0.2, 0.25) is 0 Å². The number of hydrogen-bond donors (Lipinski definition) is 0. The molecule has 0 amide bonds. The first kappa shape index (κ1) is 28.9. The molecule has 1 unspecified atom stereocenters. The van der Waals surface area contributed by atoms with Crippen LogP contribution in [0.15, 0.2) is 167 Å². The number of benzene rings is 7. The zero-order chi connectivity index (χ0) is 34.4. The Hall–Kier alpha value is -6.85. The number of fused-ring (bicyclic) bond motifs is 10. The summed E-state index contributed by atoms with van der Waals surface area (Å²) in [7, 11) is 0. The van der Waals surface area contributed by atoms with Crippen molar-refractivity contribution in [1.82, 2.24) is 15.0 Å². The lowest BCUT2D eigenvalue weighted by Crippen LogP contribution is -2.24. The van der Waals surface area contributed by atoms with E-state index in [1.807, 2.05) is 66.7 Å². The minimum Gasteiger partial charge on any atom is -0.456 e. The van der Waals surface area contributed by atoms with Crippen LogP contribution in [0.5, 0.6) is 0 Å². The maximum Gasteiger partial charge on any atom is 0.164 e. The summed E-state index contributed by atoms with van der Waals surface area (Å²) in [5.41, 5.74) is 11.5. The van der Waals surface area contributed by atoms with Gasteiger partial charge in [0.05, 0.1) is 0 Å². The standard InChI is InChI=1S/C47H29N3O2/c1-47(30-15-6-3-7-16-30)41-33(34-24-25-35-31-17-8-11-22-39(31)52-43(35)42(34)47)19-12-20-36(41)46-49-44(28-13-4-2-5-14-28)48-45(50-46)29-23-26-40-37(27-29)32-18-9-10-21-38(32)51-40/h2-27H,1H3. The van der Waals surface area contributed by atoms with Gasteiger partial charge in [-0.05, 0) is 65.6 Å². The SMILES string of the molecule is CC1(c2ccccc2)c2c(-c3nc(-c4ccccc4)nc(-c4ccc5oc6ccccc6c5c4)n3)cccc2-c2ccc3c(oc4ccccc43)c21. The molecule has 3 heterocycles. The monoisotopic (exact) mass is 667 g/mol. The molecule has 7 aromatic carbocycles. The second-order valence-corrected chi connectivity index (χ2v) is 13.7. The maximum atomic E-state index is 6.75. The molecule has 10 aromatic rings. The van der Waals surface area contributed by atoms with Gasteiger partial charge in [-0.25, -0.2) is 15.0 Å². The fourth-order valence-electron chi connectivity index (χ4n) is 8.40. The molecule has 3 aromatic heterocycles. The number of aromatic nitrogens is 3. The summed E-state index contributed by atoms with van der Waals surface area (Å²) in [6, 6.07) is 54.4. The van der Waals surface area contributed by atoms with Gasteiger partial charge in [-0.1, -0.05) is 121 Å². The van der Waals surface area contributed by atoms with Crippen LogP contribution in [0, 0.1) is 0 Å². The topological polar surface area (TPSA) is 65.0 Å². The lowest BCUT2D eigenvalue weighted by Gasteiger charge is -2.30. The molecule has 0 aliphatic heterocycles. The molecule has 0 saturated carbocycles. The number of hydrogen-bond acceptors (Lipinski definition) is 5. The minimum atomic E-state index is -0.579. The average Bonchev–Trinajstić information content (AvgIpc) is 3.86. The first-order chi connectivity index (χ1) is 25.6. The van der Waals surface area contributed by atoms with Crippen molar-refractivity contribution in [3.63, 3.8) is 0 Å². The molecule has 0 radical (unpaired) electrons. The number of furan rings is 2. The molecular weight excluding hydrogens is 639 g/mol. The third-order valence-electron chi connectivity index (χ3n) is 10.8. The molecule has 11 rings (SSSR count). The van der Waals surface area contributed by atoms with Gasteiger partial charge in [0, 0.05) is 49.2 Å². The Morgan fingerprint density at radius 1 is 0.404 bits per heavy atom. The Bertz CT molecular complexity index is 3030.